The van der Waals surface area contributed by atoms with Gasteiger partial charge >= 0.3 is 0 Å². The summed E-state index contributed by atoms with van der Waals surface area (Å²) in [4.78, 5) is 25.7. The number of nitrogens with zero attached hydrogens (tertiary/aromatic N) is 1. The lowest BCUT2D eigenvalue weighted by molar-refractivity contribution is -0.138. The van der Waals surface area contributed by atoms with Crippen molar-refractivity contribution in [2.75, 3.05) is 6.54 Å². The molecule has 1 aliphatic rings. The van der Waals surface area contributed by atoms with Crippen LogP contribution in [0.3, 0.4) is 0 Å². The van der Waals surface area contributed by atoms with E-state index in [2.05, 4.69) is 5.32 Å². The normalized spacial score (nSPS) is 22.6. The molecule has 4 heteroatoms. The molecule has 0 aromatic heterocycles. The number of hydrogen-bond donors (Lipinski definition) is 1. The van der Waals surface area contributed by atoms with Crippen molar-refractivity contribution >= 4 is 11.7 Å². The zero-order valence-electron chi connectivity index (χ0n) is 11.5. The molecule has 1 heterocycles. The molecule has 1 saturated heterocycles. The predicted molar refractivity (Wildman–Crippen MR) is 67.7 cm³/mol. The molecule has 98 valence electrons. The standard InChI is InChI=1S/C13H24N2O2/c1-8(2)12(16)10(5)15-7-6-11(13(15)17)14-9(3)4/h8-11,14H,6-7H2,1-5H3. The van der Waals surface area contributed by atoms with Gasteiger partial charge in [0, 0.05) is 18.5 Å². The van der Waals surface area contributed by atoms with Crippen molar-refractivity contribution in [3.63, 3.8) is 0 Å². The highest BCUT2D eigenvalue weighted by molar-refractivity contribution is 5.92. The maximum atomic E-state index is 12.1. The van der Waals surface area contributed by atoms with Gasteiger partial charge in [-0.15, -0.1) is 0 Å². The summed E-state index contributed by atoms with van der Waals surface area (Å²) in [6.45, 7) is 10.3. The molecule has 0 radical (unpaired) electrons. The average Bonchev–Trinajstić information content (AvgIpc) is 2.57. The molecule has 1 N–H and O–H groups in total. The van der Waals surface area contributed by atoms with E-state index >= 15 is 0 Å². The fourth-order valence-electron chi connectivity index (χ4n) is 2.28. The second-order valence-corrected chi connectivity index (χ2v) is 5.43. The Bertz CT molecular complexity index is 300. The van der Waals surface area contributed by atoms with Gasteiger partial charge in [-0.3, -0.25) is 9.59 Å². The average molecular weight is 240 g/mol. The van der Waals surface area contributed by atoms with Crippen LogP contribution >= 0.6 is 0 Å². The zero-order chi connectivity index (χ0) is 13.2. The minimum atomic E-state index is -0.290. The Morgan fingerprint density at radius 2 is 1.88 bits per heavy atom. The van der Waals surface area contributed by atoms with Crippen LogP contribution in [0.15, 0.2) is 0 Å². The van der Waals surface area contributed by atoms with Crippen LogP contribution in [0, 0.1) is 5.92 Å². The van der Waals surface area contributed by atoms with E-state index in [-0.39, 0.29) is 29.7 Å². The Morgan fingerprint density at radius 1 is 1.29 bits per heavy atom. The maximum Gasteiger partial charge on any atom is 0.240 e. The van der Waals surface area contributed by atoms with E-state index in [0.717, 1.165) is 6.42 Å². The predicted octanol–water partition coefficient (Wildman–Crippen LogP) is 1.20. The molecule has 0 saturated carbocycles. The maximum absolute atomic E-state index is 12.1. The first-order valence-corrected chi connectivity index (χ1v) is 6.44. The van der Waals surface area contributed by atoms with Gasteiger partial charge in [-0.05, 0) is 13.3 Å². The molecule has 17 heavy (non-hydrogen) atoms. The van der Waals surface area contributed by atoms with E-state index < -0.39 is 0 Å². The molecule has 4 nitrogen and oxygen atoms in total. The first-order valence-electron chi connectivity index (χ1n) is 6.44. The fraction of sp³-hybridized carbons (Fsp3) is 0.846. The van der Waals surface area contributed by atoms with Crippen LogP contribution in [0.2, 0.25) is 0 Å². The molecule has 1 aliphatic heterocycles. The number of carbonyl (C=O) groups is 2. The van der Waals surface area contributed by atoms with Crippen LogP contribution in [0.5, 0.6) is 0 Å². The summed E-state index contributed by atoms with van der Waals surface area (Å²) in [5.74, 6) is 0.193. The molecular formula is C13H24N2O2. The van der Waals surface area contributed by atoms with E-state index in [4.69, 9.17) is 0 Å². The third-order valence-corrected chi connectivity index (χ3v) is 3.22. The van der Waals surface area contributed by atoms with Crippen LogP contribution in [0.4, 0.5) is 0 Å². The molecule has 1 fully saturated rings. The Hall–Kier alpha value is -0.900. The molecule has 1 rings (SSSR count). The first kappa shape index (κ1) is 14.2. The van der Waals surface area contributed by atoms with Crippen LogP contribution in [0.25, 0.3) is 0 Å². The minimum absolute atomic E-state index is 0.0186. The molecule has 0 spiro atoms. The topological polar surface area (TPSA) is 49.4 Å². The number of likely N-dealkylation sites (tertiary alicyclic amines) is 1. The van der Waals surface area contributed by atoms with Gasteiger partial charge in [0.2, 0.25) is 5.91 Å². The van der Waals surface area contributed by atoms with Crippen LogP contribution in [0.1, 0.15) is 41.0 Å². The number of hydrogen-bond acceptors (Lipinski definition) is 3. The molecule has 0 aromatic rings. The summed E-state index contributed by atoms with van der Waals surface area (Å²) in [7, 11) is 0. The Labute approximate surface area is 104 Å². The lowest BCUT2D eigenvalue weighted by atomic mass is 10.0. The number of rotatable bonds is 5. The van der Waals surface area contributed by atoms with Crippen molar-refractivity contribution in [2.45, 2.75) is 59.2 Å². The number of Topliss-reactive ketones (excluding diaryl/α,β-unsaturated/α-hetero) is 1. The van der Waals surface area contributed by atoms with Crippen LogP contribution in [-0.2, 0) is 9.59 Å². The van der Waals surface area contributed by atoms with E-state index in [1.54, 1.807) is 4.90 Å². The quantitative estimate of drug-likeness (QED) is 0.785. The van der Waals surface area contributed by atoms with Gasteiger partial charge in [0.25, 0.3) is 0 Å². The molecule has 0 aliphatic carbocycles. The van der Waals surface area contributed by atoms with Crippen molar-refractivity contribution in [1.29, 1.82) is 0 Å². The molecule has 2 unspecified atom stereocenters. The Morgan fingerprint density at radius 3 is 2.35 bits per heavy atom. The third kappa shape index (κ3) is 3.28. The number of ketones is 1. The van der Waals surface area contributed by atoms with Crippen LogP contribution < -0.4 is 5.32 Å². The van der Waals surface area contributed by atoms with Crippen molar-refractivity contribution in [3.8, 4) is 0 Å². The summed E-state index contributed by atoms with van der Waals surface area (Å²) < 4.78 is 0. The van der Waals surface area contributed by atoms with E-state index in [1.807, 2.05) is 34.6 Å². The summed E-state index contributed by atoms with van der Waals surface area (Å²) in [5, 5.41) is 3.24. The summed E-state index contributed by atoms with van der Waals surface area (Å²) in [6.07, 6.45) is 0.798. The van der Waals surface area contributed by atoms with E-state index in [0.29, 0.717) is 12.6 Å². The molecular weight excluding hydrogens is 216 g/mol. The van der Waals surface area contributed by atoms with Gasteiger partial charge in [0.05, 0.1) is 12.1 Å². The van der Waals surface area contributed by atoms with Gasteiger partial charge in [0.1, 0.15) is 0 Å². The Balaban J connectivity index is 2.63. The number of amides is 1. The number of carbonyl (C=O) groups excluding carboxylic acids is 2. The summed E-state index contributed by atoms with van der Waals surface area (Å²) >= 11 is 0. The van der Waals surface area contributed by atoms with Gasteiger partial charge in [-0.25, -0.2) is 0 Å². The van der Waals surface area contributed by atoms with Gasteiger partial charge in [-0.2, -0.15) is 0 Å². The minimum Gasteiger partial charge on any atom is -0.332 e. The van der Waals surface area contributed by atoms with Crippen molar-refractivity contribution in [1.82, 2.24) is 10.2 Å². The van der Waals surface area contributed by atoms with E-state index in [1.165, 1.54) is 0 Å². The lowest BCUT2D eigenvalue weighted by Crippen LogP contribution is -2.47. The third-order valence-electron chi connectivity index (χ3n) is 3.22. The van der Waals surface area contributed by atoms with Gasteiger partial charge in [-0.1, -0.05) is 27.7 Å². The van der Waals surface area contributed by atoms with Crippen molar-refractivity contribution in [3.05, 3.63) is 0 Å². The summed E-state index contributed by atoms with van der Waals surface area (Å²) in [5.41, 5.74) is 0. The zero-order valence-corrected chi connectivity index (χ0v) is 11.5. The Kier molecular flexibility index (Phi) is 4.69. The van der Waals surface area contributed by atoms with Gasteiger partial charge in [0.15, 0.2) is 5.78 Å². The van der Waals surface area contributed by atoms with E-state index in [9.17, 15) is 9.59 Å². The monoisotopic (exact) mass is 240 g/mol. The van der Waals surface area contributed by atoms with Gasteiger partial charge < -0.3 is 10.2 Å². The van der Waals surface area contributed by atoms with Crippen molar-refractivity contribution < 1.29 is 9.59 Å². The second-order valence-electron chi connectivity index (χ2n) is 5.43. The highest BCUT2D eigenvalue weighted by Crippen LogP contribution is 2.17. The highest BCUT2D eigenvalue weighted by Gasteiger charge is 2.37. The largest absolute Gasteiger partial charge is 0.332 e. The smallest absolute Gasteiger partial charge is 0.240 e. The van der Waals surface area contributed by atoms with Crippen LogP contribution in [-0.4, -0.2) is 41.3 Å². The molecule has 1 amide bonds. The highest BCUT2D eigenvalue weighted by atomic mass is 16.2. The lowest BCUT2D eigenvalue weighted by Gasteiger charge is -2.25. The first-order chi connectivity index (χ1) is 7.84. The van der Waals surface area contributed by atoms with Crippen molar-refractivity contribution in [2.24, 2.45) is 5.92 Å². The number of nitrogens with one attached hydrogen (secondary N) is 1. The second kappa shape index (κ2) is 5.63. The molecule has 2 atom stereocenters. The molecule has 0 bridgehead atoms. The SMILES string of the molecule is CC(C)NC1CCN(C(C)C(=O)C(C)C)C1=O. The molecule has 0 aromatic carbocycles. The fourth-order valence-corrected chi connectivity index (χ4v) is 2.28. The summed E-state index contributed by atoms with van der Waals surface area (Å²) in [6, 6.07) is -0.112.